The highest BCUT2D eigenvalue weighted by Gasteiger charge is 2.32. The molecule has 1 N–H and O–H groups in total. The van der Waals surface area contributed by atoms with E-state index >= 15 is 0 Å². The lowest BCUT2D eigenvalue weighted by molar-refractivity contribution is -0.117. The molecule has 1 aromatic heterocycles. The first-order valence-electron chi connectivity index (χ1n) is 4.71. The van der Waals surface area contributed by atoms with Crippen LogP contribution in [0.15, 0.2) is 6.20 Å². The topological polar surface area (TPSA) is 66.3 Å². The number of hydrogen-bond donors (Lipinski definition) is 1. The molecule has 86 valence electrons. The predicted molar refractivity (Wildman–Crippen MR) is 59.6 cm³/mol. The number of rotatable bonds is 2. The van der Waals surface area contributed by atoms with Crippen LogP contribution in [-0.2, 0) is 4.79 Å². The van der Waals surface area contributed by atoms with Gasteiger partial charge in [0, 0.05) is 25.5 Å². The summed E-state index contributed by atoms with van der Waals surface area (Å²) in [5, 5.41) is 9.32. The maximum absolute atomic E-state index is 11.7. The monoisotopic (exact) mass is 261 g/mol. The van der Waals surface area contributed by atoms with E-state index in [9.17, 15) is 4.79 Å². The SMILES string of the molecule is O=C1CC(CO)CN1c1nc(Cl)ncc1Cl. The molecule has 1 saturated heterocycles. The van der Waals surface area contributed by atoms with Crippen molar-refractivity contribution in [1.82, 2.24) is 9.97 Å². The number of nitrogens with zero attached hydrogens (tertiary/aromatic N) is 3. The van der Waals surface area contributed by atoms with Crippen LogP contribution < -0.4 is 4.90 Å². The fourth-order valence-electron chi connectivity index (χ4n) is 1.64. The normalized spacial score (nSPS) is 20.6. The number of carbonyl (C=O) groups excluding carboxylic acids is 1. The molecule has 1 amide bonds. The van der Waals surface area contributed by atoms with Gasteiger partial charge in [-0.1, -0.05) is 11.6 Å². The summed E-state index contributed by atoms with van der Waals surface area (Å²) in [5.41, 5.74) is 0. The van der Waals surface area contributed by atoms with Gasteiger partial charge < -0.3 is 5.11 Å². The average Bonchev–Trinajstić information content (AvgIpc) is 2.63. The van der Waals surface area contributed by atoms with Crippen molar-refractivity contribution in [3.05, 3.63) is 16.5 Å². The van der Waals surface area contributed by atoms with E-state index in [2.05, 4.69) is 9.97 Å². The Labute approximate surface area is 102 Å². The van der Waals surface area contributed by atoms with Crippen molar-refractivity contribution in [3.8, 4) is 0 Å². The van der Waals surface area contributed by atoms with Gasteiger partial charge in [0.1, 0.15) is 5.02 Å². The first-order chi connectivity index (χ1) is 7.61. The second-order valence-electron chi connectivity index (χ2n) is 3.57. The van der Waals surface area contributed by atoms with E-state index in [0.29, 0.717) is 18.8 Å². The van der Waals surface area contributed by atoms with Crippen LogP contribution in [0.4, 0.5) is 5.82 Å². The molecular formula is C9H9Cl2N3O2. The molecule has 0 spiro atoms. The average molecular weight is 262 g/mol. The Morgan fingerprint density at radius 1 is 1.56 bits per heavy atom. The highest BCUT2D eigenvalue weighted by atomic mass is 35.5. The van der Waals surface area contributed by atoms with Crippen molar-refractivity contribution in [1.29, 1.82) is 0 Å². The maximum atomic E-state index is 11.7. The smallest absolute Gasteiger partial charge is 0.228 e. The Balaban J connectivity index is 2.30. The molecule has 0 bridgehead atoms. The molecular weight excluding hydrogens is 253 g/mol. The van der Waals surface area contributed by atoms with Crippen molar-refractivity contribution >= 4 is 34.9 Å². The highest BCUT2D eigenvalue weighted by molar-refractivity contribution is 6.34. The molecule has 1 unspecified atom stereocenters. The molecule has 16 heavy (non-hydrogen) atoms. The van der Waals surface area contributed by atoms with Crippen LogP contribution >= 0.6 is 23.2 Å². The number of aliphatic hydroxyl groups is 1. The number of anilines is 1. The Kier molecular flexibility index (Phi) is 3.28. The summed E-state index contributed by atoms with van der Waals surface area (Å²) in [6, 6.07) is 0. The van der Waals surface area contributed by atoms with Crippen LogP contribution in [0.1, 0.15) is 6.42 Å². The summed E-state index contributed by atoms with van der Waals surface area (Å²) in [7, 11) is 0. The second kappa shape index (κ2) is 4.53. The van der Waals surface area contributed by atoms with E-state index in [1.807, 2.05) is 0 Å². The fourth-order valence-corrected chi connectivity index (χ4v) is 1.96. The largest absolute Gasteiger partial charge is 0.396 e. The van der Waals surface area contributed by atoms with Gasteiger partial charge in [-0.2, -0.15) is 4.98 Å². The van der Waals surface area contributed by atoms with Crippen LogP contribution in [-0.4, -0.2) is 34.1 Å². The lowest BCUT2D eigenvalue weighted by Gasteiger charge is -2.16. The quantitative estimate of drug-likeness (QED) is 0.811. The molecule has 1 aliphatic heterocycles. The molecule has 1 fully saturated rings. The molecule has 2 rings (SSSR count). The number of aromatic nitrogens is 2. The standard InChI is InChI=1S/C9H9Cl2N3O2/c10-6-2-12-9(11)13-8(6)14-3-5(4-15)1-7(14)16/h2,5,15H,1,3-4H2. The van der Waals surface area contributed by atoms with Crippen LogP contribution in [0.25, 0.3) is 0 Å². The first kappa shape index (κ1) is 11.6. The number of aliphatic hydroxyl groups excluding tert-OH is 1. The van der Waals surface area contributed by atoms with Crippen molar-refractivity contribution in [3.63, 3.8) is 0 Å². The Morgan fingerprint density at radius 2 is 2.31 bits per heavy atom. The van der Waals surface area contributed by atoms with Crippen molar-refractivity contribution < 1.29 is 9.90 Å². The highest BCUT2D eigenvalue weighted by Crippen LogP contribution is 2.29. The Hall–Kier alpha value is -0.910. The minimum Gasteiger partial charge on any atom is -0.396 e. The fraction of sp³-hybridized carbons (Fsp3) is 0.444. The predicted octanol–water partition coefficient (Wildman–Crippen LogP) is 1.13. The molecule has 0 radical (unpaired) electrons. The zero-order valence-corrected chi connectivity index (χ0v) is 9.74. The van der Waals surface area contributed by atoms with E-state index in [4.69, 9.17) is 28.3 Å². The molecule has 5 nitrogen and oxygen atoms in total. The van der Waals surface area contributed by atoms with Gasteiger partial charge >= 0.3 is 0 Å². The van der Waals surface area contributed by atoms with Crippen molar-refractivity contribution in [2.45, 2.75) is 6.42 Å². The van der Waals surface area contributed by atoms with Gasteiger partial charge in [0.2, 0.25) is 11.2 Å². The summed E-state index contributed by atoms with van der Waals surface area (Å²) < 4.78 is 0. The second-order valence-corrected chi connectivity index (χ2v) is 4.31. The van der Waals surface area contributed by atoms with E-state index in [-0.39, 0.29) is 28.7 Å². The van der Waals surface area contributed by atoms with E-state index in [1.165, 1.54) is 11.1 Å². The van der Waals surface area contributed by atoms with Gasteiger partial charge in [-0.3, -0.25) is 9.69 Å². The summed E-state index contributed by atoms with van der Waals surface area (Å²) in [4.78, 5) is 20.7. The number of halogens is 2. The molecule has 0 aromatic carbocycles. The zero-order chi connectivity index (χ0) is 11.7. The lowest BCUT2D eigenvalue weighted by Crippen LogP contribution is -2.26. The third-order valence-electron chi connectivity index (χ3n) is 2.42. The minimum absolute atomic E-state index is 0.0291. The molecule has 0 saturated carbocycles. The molecule has 1 aliphatic rings. The van der Waals surface area contributed by atoms with Crippen LogP contribution in [0.5, 0.6) is 0 Å². The molecule has 7 heteroatoms. The third kappa shape index (κ3) is 2.11. The van der Waals surface area contributed by atoms with E-state index < -0.39 is 0 Å². The van der Waals surface area contributed by atoms with Crippen LogP contribution in [0, 0.1) is 5.92 Å². The van der Waals surface area contributed by atoms with Crippen molar-refractivity contribution in [2.75, 3.05) is 18.1 Å². The summed E-state index contributed by atoms with van der Waals surface area (Å²) in [6.07, 6.45) is 1.65. The molecule has 2 heterocycles. The van der Waals surface area contributed by atoms with Crippen LogP contribution in [0.2, 0.25) is 10.3 Å². The Bertz CT molecular complexity index is 427. The van der Waals surface area contributed by atoms with E-state index in [0.717, 1.165) is 0 Å². The van der Waals surface area contributed by atoms with Crippen molar-refractivity contribution in [2.24, 2.45) is 5.92 Å². The van der Waals surface area contributed by atoms with E-state index in [1.54, 1.807) is 0 Å². The van der Waals surface area contributed by atoms with Gasteiger partial charge in [-0.15, -0.1) is 0 Å². The molecule has 0 aliphatic carbocycles. The number of carbonyl (C=O) groups is 1. The summed E-state index contributed by atoms with van der Waals surface area (Å²) >= 11 is 11.5. The summed E-state index contributed by atoms with van der Waals surface area (Å²) in [5.74, 6) is 0.121. The maximum Gasteiger partial charge on any atom is 0.228 e. The Morgan fingerprint density at radius 3 is 2.94 bits per heavy atom. The minimum atomic E-state index is -0.115. The van der Waals surface area contributed by atoms with Gasteiger partial charge in [-0.05, 0) is 11.6 Å². The lowest BCUT2D eigenvalue weighted by atomic mass is 10.1. The molecule has 1 atom stereocenters. The van der Waals surface area contributed by atoms with Gasteiger partial charge in [0.05, 0.1) is 6.20 Å². The van der Waals surface area contributed by atoms with Gasteiger partial charge in [-0.25, -0.2) is 4.98 Å². The summed E-state index contributed by atoms with van der Waals surface area (Å²) in [6.45, 7) is 0.376. The molecule has 1 aromatic rings. The zero-order valence-electron chi connectivity index (χ0n) is 8.23. The number of hydrogen-bond acceptors (Lipinski definition) is 4. The van der Waals surface area contributed by atoms with Gasteiger partial charge in [0.25, 0.3) is 0 Å². The first-order valence-corrected chi connectivity index (χ1v) is 5.46. The third-order valence-corrected chi connectivity index (χ3v) is 2.86. The van der Waals surface area contributed by atoms with Gasteiger partial charge in [0.15, 0.2) is 5.82 Å². The number of amides is 1. The van der Waals surface area contributed by atoms with Crippen LogP contribution in [0.3, 0.4) is 0 Å².